The Kier molecular flexibility index (Phi) is 3.97. The molecule has 1 aliphatic heterocycles. The van der Waals surface area contributed by atoms with Gasteiger partial charge in [-0.25, -0.2) is 0 Å². The van der Waals surface area contributed by atoms with Crippen molar-refractivity contribution < 1.29 is 9.59 Å². The van der Waals surface area contributed by atoms with Gasteiger partial charge in [-0.1, -0.05) is 30.9 Å². The molecular weight excluding hydrogens is 356 g/mol. The quantitative estimate of drug-likeness (QED) is 0.823. The molecule has 21 heavy (non-hydrogen) atoms. The lowest BCUT2D eigenvalue weighted by Gasteiger charge is -2.44. The molecule has 3 rings (SSSR count). The number of benzene rings is 1. The van der Waals surface area contributed by atoms with E-state index in [-0.39, 0.29) is 18.4 Å². The highest BCUT2D eigenvalue weighted by molar-refractivity contribution is 9.10. The Morgan fingerprint density at radius 1 is 1.19 bits per heavy atom. The van der Waals surface area contributed by atoms with Crippen LogP contribution in [0.2, 0.25) is 5.02 Å². The van der Waals surface area contributed by atoms with Crippen molar-refractivity contribution in [2.75, 3.05) is 11.4 Å². The number of piperazine rings is 1. The fourth-order valence-electron chi connectivity index (χ4n) is 3.19. The van der Waals surface area contributed by atoms with E-state index in [1.165, 1.54) is 0 Å². The first-order valence-electron chi connectivity index (χ1n) is 7.10. The highest BCUT2D eigenvalue weighted by atomic mass is 79.9. The first-order chi connectivity index (χ1) is 10.0. The summed E-state index contributed by atoms with van der Waals surface area (Å²) in [5.74, 6) is -0.115. The fraction of sp³-hybridized carbons (Fsp3) is 0.467. The summed E-state index contributed by atoms with van der Waals surface area (Å²) in [6.45, 7) is 0.0541. The van der Waals surface area contributed by atoms with Gasteiger partial charge in [-0.2, -0.15) is 0 Å². The zero-order chi connectivity index (χ0) is 15.0. The van der Waals surface area contributed by atoms with Crippen LogP contribution in [0.1, 0.15) is 32.1 Å². The summed E-state index contributed by atoms with van der Waals surface area (Å²) < 4.78 is 0.772. The van der Waals surface area contributed by atoms with Gasteiger partial charge in [0.1, 0.15) is 12.1 Å². The Bertz CT molecular complexity index is 599. The maximum absolute atomic E-state index is 12.9. The van der Waals surface area contributed by atoms with Gasteiger partial charge in [0, 0.05) is 10.2 Å². The smallest absolute Gasteiger partial charge is 0.253 e. The zero-order valence-electron chi connectivity index (χ0n) is 11.5. The molecule has 1 aromatic rings. The number of carbonyl (C=O) groups excluding carboxylic acids is 2. The van der Waals surface area contributed by atoms with E-state index in [4.69, 9.17) is 11.6 Å². The number of rotatable bonds is 1. The highest BCUT2D eigenvalue weighted by Crippen LogP contribution is 2.35. The number of nitrogens with zero attached hydrogens (tertiary/aromatic N) is 1. The van der Waals surface area contributed by atoms with Crippen LogP contribution in [0.25, 0.3) is 0 Å². The van der Waals surface area contributed by atoms with Crippen molar-refractivity contribution in [3.05, 3.63) is 27.7 Å². The van der Waals surface area contributed by atoms with Crippen molar-refractivity contribution in [2.45, 2.75) is 37.6 Å². The summed E-state index contributed by atoms with van der Waals surface area (Å²) >= 11 is 9.44. The van der Waals surface area contributed by atoms with Gasteiger partial charge >= 0.3 is 0 Å². The third-order valence-electron chi connectivity index (χ3n) is 4.26. The molecule has 1 saturated heterocycles. The minimum absolute atomic E-state index is 0.0137. The van der Waals surface area contributed by atoms with E-state index < -0.39 is 5.54 Å². The van der Waals surface area contributed by atoms with Gasteiger partial charge in [-0.3, -0.25) is 9.59 Å². The highest BCUT2D eigenvalue weighted by Gasteiger charge is 2.47. The molecule has 1 heterocycles. The average molecular weight is 372 g/mol. The third kappa shape index (κ3) is 2.69. The van der Waals surface area contributed by atoms with Gasteiger partial charge in [-0.05, 0) is 47.0 Å². The second-order valence-corrected chi connectivity index (χ2v) is 6.94. The van der Waals surface area contributed by atoms with E-state index in [0.29, 0.717) is 10.7 Å². The van der Waals surface area contributed by atoms with Crippen LogP contribution in [0.4, 0.5) is 5.69 Å². The number of hydrogen-bond donors (Lipinski definition) is 1. The molecule has 2 fully saturated rings. The van der Waals surface area contributed by atoms with E-state index >= 15 is 0 Å². The Hall–Kier alpha value is -1.07. The maximum Gasteiger partial charge on any atom is 0.253 e. The van der Waals surface area contributed by atoms with Gasteiger partial charge < -0.3 is 10.2 Å². The summed E-state index contributed by atoms with van der Waals surface area (Å²) in [6.07, 6.45) is 4.51. The van der Waals surface area contributed by atoms with E-state index in [1.807, 2.05) is 6.07 Å². The largest absolute Gasteiger partial charge is 0.340 e. The molecule has 1 spiro atoms. The lowest BCUT2D eigenvalue weighted by Crippen LogP contribution is -2.67. The molecule has 112 valence electrons. The molecule has 0 atom stereocenters. The summed E-state index contributed by atoms with van der Waals surface area (Å²) in [5, 5.41) is 3.47. The van der Waals surface area contributed by atoms with Gasteiger partial charge in [0.2, 0.25) is 5.91 Å². The van der Waals surface area contributed by atoms with Crippen LogP contribution < -0.4 is 10.2 Å². The Balaban J connectivity index is 1.95. The second kappa shape index (κ2) is 5.61. The van der Waals surface area contributed by atoms with Crippen molar-refractivity contribution in [3.8, 4) is 0 Å². The molecule has 0 bridgehead atoms. The van der Waals surface area contributed by atoms with Crippen LogP contribution in [0.3, 0.4) is 0 Å². The number of hydrogen-bond acceptors (Lipinski definition) is 2. The normalized spacial score (nSPS) is 21.5. The second-order valence-electron chi connectivity index (χ2n) is 5.68. The Labute approximate surface area is 137 Å². The Morgan fingerprint density at radius 2 is 1.90 bits per heavy atom. The molecule has 2 amide bonds. The number of anilines is 1. The first-order valence-corrected chi connectivity index (χ1v) is 8.27. The van der Waals surface area contributed by atoms with Crippen LogP contribution in [0.5, 0.6) is 0 Å². The van der Waals surface area contributed by atoms with Gasteiger partial charge in [0.05, 0.1) is 5.02 Å². The van der Waals surface area contributed by atoms with Gasteiger partial charge in [0.25, 0.3) is 5.91 Å². The average Bonchev–Trinajstić information content (AvgIpc) is 2.47. The number of carbonyl (C=O) groups is 2. The van der Waals surface area contributed by atoms with Crippen molar-refractivity contribution in [3.63, 3.8) is 0 Å². The predicted molar refractivity (Wildman–Crippen MR) is 85.5 cm³/mol. The summed E-state index contributed by atoms with van der Waals surface area (Å²) in [5.41, 5.74) is -0.0411. The van der Waals surface area contributed by atoms with Gasteiger partial charge in [-0.15, -0.1) is 0 Å². The minimum Gasteiger partial charge on any atom is -0.340 e. The third-order valence-corrected chi connectivity index (χ3v) is 5.49. The topological polar surface area (TPSA) is 49.4 Å². The van der Waals surface area contributed by atoms with Crippen molar-refractivity contribution in [1.82, 2.24) is 5.32 Å². The predicted octanol–water partition coefficient (Wildman–Crippen LogP) is 3.27. The molecule has 1 aliphatic carbocycles. The first kappa shape index (κ1) is 14.9. The van der Waals surface area contributed by atoms with Crippen molar-refractivity contribution in [2.24, 2.45) is 0 Å². The molecule has 0 radical (unpaired) electrons. The number of amides is 2. The van der Waals surface area contributed by atoms with E-state index in [0.717, 1.165) is 36.6 Å². The maximum atomic E-state index is 12.9. The summed E-state index contributed by atoms with van der Waals surface area (Å²) in [7, 11) is 0. The van der Waals surface area contributed by atoms with Gasteiger partial charge in [0.15, 0.2) is 0 Å². The Morgan fingerprint density at radius 3 is 2.57 bits per heavy atom. The summed E-state index contributed by atoms with van der Waals surface area (Å²) in [6, 6.07) is 5.33. The van der Waals surface area contributed by atoms with E-state index in [2.05, 4.69) is 21.2 Å². The molecule has 6 heteroatoms. The molecular formula is C15H16BrClN2O2. The SMILES string of the molecule is O=C1CN(c2ccc(Br)c(Cl)c2)C(=O)C2(CCCCC2)N1. The number of halogens is 2. The molecule has 4 nitrogen and oxygen atoms in total. The lowest BCUT2D eigenvalue weighted by atomic mass is 9.79. The van der Waals surface area contributed by atoms with Crippen LogP contribution in [0, 0.1) is 0 Å². The van der Waals surface area contributed by atoms with Crippen LogP contribution in [-0.4, -0.2) is 23.9 Å². The molecule has 2 aliphatic rings. The molecule has 1 N–H and O–H groups in total. The van der Waals surface area contributed by atoms with Crippen LogP contribution in [-0.2, 0) is 9.59 Å². The molecule has 1 aromatic carbocycles. The minimum atomic E-state index is -0.715. The fourth-order valence-corrected chi connectivity index (χ4v) is 3.61. The monoisotopic (exact) mass is 370 g/mol. The molecule has 0 aromatic heterocycles. The standard InChI is InChI=1S/C15H16BrClN2O2/c16-11-5-4-10(8-12(11)17)19-9-13(20)18-15(14(19)21)6-2-1-3-7-15/h4-5,8H,1-3,6-7,9H2,(H,18,20). The number of nitrogens with one attached hydrogen (secondary N) is 1. The lowest BCUT2D eigenvalue weighted by molar-refractivity contribution is -0.137. The summed E-state index contributed by atoms with van der Waals surface area (Å²) in [4.78, 5) is 26.5. The molecule has 1 saturated carbocycles. The zero-order valence-corrected chi connectivity index (χ0v) is 13.8. The van der Waals surface area contributed by atoms with E-state index in [9.17, 15) is 9.59 Å². The van der Waals surface area contributed by atoms with Crippen LogP contribution >= 0.6 is 27.5 Å². The molecule has 0 unspecified atom stereocenters. The van der Waals surface area contributed by atoms with Crippen LogP contribution in [0.15, 0.2) is 22.7 Å². The van der Waals surface area contributed by atoms with Crippen molar-refractivity contribution in [1.29, 1.82) is 0 Å². The van der Waals surface area contributed by atoms with E-state index in [1.54, 1.807) is 17.0 Å². The van der Waals surface area contributed by atoms with Crippen molar-refractivity contribution >= 4 is 45.0 Å².